The molecular formula is C29H30N6O. The van der Waals surface area contributed by atoms with Crippen LogP contribution in [0.1, 0.15) is 43.2 Å². The lowest BCUT2D eigenvalue weighted by Crippen LogP contribution is -2.38. The second-order valence-corrected chi connectivity index (χ2v) is 9.16. The van der Waals surface area contributed by atoms with Crippen LogP contribution in [0, 0.1) is 18.3 Å². The zero-order chi connectivity index (χ0) is 24.9. The van der Waals surface area contributed by atoms with Crippen LogP contribution in [0.2, 0.25) is 0 Å². The van der Waals surface area contributed by atoms with E-state index in [2.05, 4.69) is 32.7 Å². The summed E-state index contributed by atoms with van der Waals surface area (Å²) in [6, 6.07) is 18.6. The van der Waals surface area contributed by atoms with Crippen molar-refractivity contribution in [2.75, 3.05) is 18.4 Å². The summed E-state index contributed by atoms with van der Waals surface area (Å²) in [5.41, 5.74) is 3.55. The molecule has 2 atom stereocenters. The number of fused-ring (bicyclic) bond motifs is 1. The Balaban J connectivity index is 1.51. The van der Waals surface area contributed by atoms with Gasteiger partial charge in [0.25, 0.3) is 0 Å². The lowest BCUT2D eigenvalue weighted by atomic mass is 9.91. The van der Waals surface area contributed by atoms with Crippen LogP contribution in [-0.2, 0) is 0 Å². The summed E-state index contributed by atoms with van der Waals surface area (Å²) >= 11 is 0. The fourth-order valence-corrected chi connectivity index (χ4v) is 4.78. The second kappa shape index (κ2) is 10.7. The zero-order valence-corrected chi connectivity index (χ0v) is 20.7. The smallest absolute Gasteiger partial charge is 0.228 e. The van der Waals surface area contributed by atoms with Gasteiger partial charge in [0.15, 0.2) is 0 Å². The molecule has 2 unspecified atom stereocenters. The maximum Gasteiger partial charge on any atom is 0.228 e. The van der Waals surface area contributed by atoms with Gasteiger partial charge in [0, 0.05) is 30.4 Å². The first-order valence-corrected chi connectivity index (χ1v) is 12.5. The van der Waals surface area contributed by atoms with Crippen molar-refractivity contribution in [2.24, 2.45) is 0 Å². The molecule has 0 saturated carbocycles. The maximum absolute atomic E-state index is 9.67. The van der Waals surface area contributed by atoms with Crippen LogP contribution in [0.15, 0.2) is 60.9 Å². The van der Waals surface area contributed by atoms with Gasteiger partial charge >= 0.3 is 0 Å². The molecule has 182 valence electrons. The Morgan fingerprint density at radius 1 is 1.11 bits per heavy atom. The highest BCUT2D eigenvalue weighted by atomic mass is 16.5. The van der Waals surface area contributed by atoms with Crippen LogP contribution in [0.3, 0.4) is 0 Å². The van der Waals surface area contributed by atoms with Gasteiger partial charge in [0.1, 0.15) is 5.75 Å². The second-order valence-electron chi connectivity index (χ2n) is 9.16. The summed E-state index contributed by atoms with van der Waals surface area (Å²) < 4.78 is 6.52. The fraction of sp³-hybridized carbons (Fsp3) is 0.310. The van der Waals surface area contributed by atoms with Gasteiger partial charge in [0.05, 0.1) is 23.2 Å². The maximum atomic E-state index is 9.67. The molecule has 4 aromatic rings. The molecule has 2 aromatic carbocycles. The number of piperidine rings is 1. The number of rotatable bonds is 7. The molecule has 2 aromatic heterocycles. The Hall–Kier alpha value is -4.02. The number of aromatic nitrogens is 3. The number of aryl methyl sites for hydroxylation is 1. The monoisotopic (exact) mass is 478 g/mol. The molecule has 1 aliphatic heterocycles. The van der Waals surface area contributed by atoms with Gasteiger partial charge < -0.3 is 15.4 Å². The van der Waals surface area contributed by atoms with Crippen LogP contribution in [0.4, 0.5) is 5.95 Å². The van der Waals surface area contributed by atoms with Crippen molar-refractivity contribution in [3.05, 3.63) is 72.1 Å². The van der Waals surface area contributed by atoms with Gasteiger partial charge in [-0.1, -0.05) is 37.3 Å². The number of nitriles is 1. The lowest BCUT2D eigenvalue weighted by Gasteiger charge is -2.23. The van der Waals surface area contributed by atoms with Crippen LogP contribution < -0.4 is 15.4 Å². The Kier molecular flexibility index (Phi) is 7.06. The van der Waals surface area contributed by atoms with E-state index in [0.717, 1.165) is 71.3 Å². The Morgan fingerprint density at radius 3 is 2.83 bits per heavy atom. The van der Waals surface area contributed by atoms with Gasteiger partial charge in [0.2, 0.25) is 11.8 Å². The Morgan fingerprint density at radius 2 is 2.03 bits per heavy atom. The average molecular weight is 479 g/mol. The van der Waals surface area contributed by atoms with E-state index >= 15 is 0 Å². The van der Waals surface area contributed by atoms with Gasteiger partial charge in [-0.3, -0.25) is 0 Å². The number of anilines is 1. The summed E-state index contributed by atoms with van der Waals surface area (Å²) in [6.07, 6.45) is 6.47. The number of nitrogens with one attached hydrogen (secondary N) is 2. The molecule has 0 aliphatic carbocycles. The molecular weight excluding hydrogens is 448 g/mol. The van der Waals surface area contributed by atoms with Crippen molar-refractivity contribution in [2.45, 2.75) is 45.1 Å². The summed E-state index contributed by atoms with van der Waals surface area (Å²) in [5, 5.41) is 18.5. The molecule has 0 amide bonds. The minimum atomic E-state index is -0.166. The topological polar surface area (TPSA) is 95.8 Å². The molecule has 0 radical (unpaired) electrons. The third-order valence-corrected chi connectivity index (χ3v) is 6.71. The summed E-state index contributed by atoms with van der Waals surface area (Å²) in [5.74, 6) is 1.66. The lowest BCUT2D eigenvalue weighted by molar-refractivity contribution is 0.466. The van der Waals surface area contributed by atoms with Gasteiger partial charge in [-0.05, 0) is 67.4 Å². The summed E-state index contributed by atoms with van der Waals surface area (Å²) in [7, 11) is 0. The fourth-order valence-electron chi connectivity index (χ4n) is 4.78. The Labute approximate surface area is 211 Å². The quantitative estimate of drug-likeness (QED) is 0.338. The third-order valence-electron chi connectivity index (χ3n) is 6.71. The first-order valence-electron chi connectivity index (χ1n) is 12.5. The molecule has 36 heavy (non-hydrogen) atoms. The van der Waals surface area contributed by atoms with Crippen molar-refractivity contribution >= 4 is 16.7 Å². The van der Waals surface area contributed by atoms with E-state index in [4.69, 9.17) is 9.72 Å². The molecule has 1 saturated heterocycles. The minimum absolute atomic E-state index is 0.166. The highest BCUT2D eigenvalue weighted by Gasteiger charge is 2.18. The molecule has 5 rings (SSSR count). The van der Waals surface area contributed by atoms with Crippen LogP contribution >= 0.6 is 0 Å². The number of pyridine rings is 1. The summed E-state index contributed by atoms with van der Waals surface area (Å²) in [4.78, 5) is 13.8. The van der Waals surface area contributed by atoms with Crippen LogP contribution in [-0.4, -0.2) is 34.1 Å². The predicted molar refractivity (Wildman–Crippen MR) is 142 cm³/mol. The first-order chi connectivity index (χ1) is 17.7. The number of nitrogens with zero attached hydrogens (tertiary/aromatic N) is 4. The van der Waals surface area contributed by atoms with Crippen molar-refractivity contribution in [3.8, 4) is 29.0 Å². The normalized spacial score (nSPS) is 16.3. The third kappa shape index (κ3) is 4.86. The predicted octanol–water partition coefficient (Wildman–Crippen LogP) is 5.97. The highest BCUT2D eigenvalue weighted by molar-refractivity contribution is 5.93. The molecule has 3 heterocycles. The van der Waals surface area contributed by atoms with Gasteiger partial charge in [-0.2, -0.15) is 5.26 Å². The van der Waals surface area contributed by atoms with Crippen molar-refractivity contribution in [3.63, 3.8) is 0 Å². The van der Waals surface area contributed by atoms with E-state index in [9.17, 15) is 5.26 Å². The standard InChI is InChI=1S/C29H30N6O/c1-3-20(17-30)22-8-4-9-24-23(22)12-11-19(2)27(24)36-28-25(10-6-15-32-28)26-13-16-33-29(35-26)34-21-7-5-14-31-18-21/h4,6,8-13,15-16,20-21,31H,3,5,7,14,18H2,1-2H3,(H,33,34,35). The molecule has 0 spiro atoms. The minimum Gasteiger partial charge on any atom is -0.437 e. The zero-order valence-electron chi connectivity index (χ0n) is 20.7. The number of ether oxygens (including phenoxy) is 1. The molecule has 2 N–H and O–H groups in total. The number of hydrogen-bond acceptors (Lipinski definition) is 7. The molecule has 1 aliphatic rings. The largest absolute Gasteiger partial charge is 0.437 e. The van der Waals surface area contributed by atoms with E-state index in [1.807, 2.05) is 56.3 Å². The van der Waals surface area contributed by atoms with Crippen molar-refractivity contribution in [1.29, 1.82) is 5.26 Å². The average Bonchev–Trinajstić information content (AvgIpc) is 2.92. The summed E-state index contributed by atoms with van der Waals surface area (Å²) in [6.45, 7) is 6.02. The molecule has 0 bridgehead atoms. The van der Waals surface area contributed by atoms with Crippen LogP contribution in [0.5, 0.6) is 11.6 Å². The van der Waals surface area contributed by atoms with E-state index in [1.54, 1.807) is 12.4 Å². The highest BCUT2D eigenvalue weighted by Crippen LogP contribution is 2.39. The molecule has 7 nitrogen and oxygen atoms in total. The van der Waals surface area contributed by atoms with Crippen molar-refractivity contribution < 1.29 is 4.74 Å². The van der Waals surface area contributed by atoms with Gasteiger partial charge in [-0.25, -0.2) is 15.0 Å². The van der Waals surface area contributed by atoms with E-state index in [-0.39, 0.29) is 5.92 Å². The Bertz CT molecular complexity index is 1410. The molecule has 1 fully saturated rings. The van der Waals surface area contributed by atoms with E-state index in [0.29, 0.717) is 17.9 Å². The first kappa shape index (κ1) is 23.7. The van der Waals surface area contributed by atoms with Gasteiger partial charge in [-0.15, -0.1) is 0 Å². The molecule has 7 heteroatoms. The van der Waals surface area contributed by atoms with Crippen molar-refractivity contribution in [1.82, 2.24) is 20.3 Å². The van der Waals surface area contributed by atoms with Crippen LogP contribution in [0.25, 0.3) is 22.0 Å². The van der Waals surface area contributed by atoms with E-state index in [1.165, 1.54) is 0 Å². The SMILES string of the molecule is CCC(C#N)c1cccc2c(Oc3ncccc3-c3ccnc(NC4CCCNC4)n3)c(C)ccc12. The number of benzene rings is 2. The van der Waals surface area contributed by atoms with E-state index < -0.39 is 0 Å². The number of hydrogen-bond donors (Lipinski definition) is 2.